The van der Waals surface area contributed by atoms with Gasteiger partial charge >= 0.3 is 6.03 Å². The minimum atomic E-state index is -0.820. The van der Waals surface area contributed by atoms with Crippen LogP contribution in [-0.2, 0) is 9.59 Å². The molecule has 98 valence electrons. The van der Waals surface area contributed by atoms with E-state index in [1.165, 1.54) is 13.2 Å². The molecule has 0 bridgehead atoms. The Balaban J connectivity index is 2.40. The van der Waals surface area contributed by atoms with E-state index in [1.807, 2.05) is 10.6 Å². The highest BCUT2D eigenvalue weighted by molar-refractivity contribution is 9.10. The summed E-state index contributed by atoms with van der Waals surface area (Å²) in [7, 11) is 1.51. The van der Waals surface area contributed by atoms with Crippen LogP contribution >= 0.6 is 15.9 Å². The lowest BCUT2D eigenvalue weighted by molar-refractivity contribution is -0.123. The third-order valence-corrected chi connectivity index (χ3v) is 2.84. The molecule has 0 unspecified atom stereocenters. The number of rotatable bonds is 2. The van der Waals surface area contributed by atoms with Gasteiger partial charge in [0.1, 0.15) is 11.3 Å². The van der Waals surface area contributed by atoms with Crippen LogP contribution in [0.4, 0.5) is 4.79 Å². The normalized spacial score (nSPS) is 14.8. The first-order chi connectivity index (χ1) is 8.99. The van der Waals surface area contributed by atoms with Crippen LogP contribution in [-0.4, -0.2) is 25.0 Å². The summed E-state index contributed by atoms with van der Waals surface area (Å²) in [5.41, 5.74) is 0.459. The number of carbonyl (C=O) groups excluding carboxylic acids is 3. The number of benzene rings is 1. The third-order valence-electron chi connectivity index (χ3n) is 2.38. The average molecular weight is 325 g/mol. The van der Waals surface area contributed by atoms with E-state index in [4.69, 9.17) is 4.74 Å². The summed E-state index contributed by atoms with van der Waals surface area (Å²) in [6.07, 6.45) is 1.38. The number of halogens is 1. The molecule has 1 saturated heterocycles. The topological polar surface area (TPSA) is 84.5 Å². The highest BCUT2D eigenvalue weighted by atomic mass is 79.9. The fourth-order valence-corrected chi connectivity index (χ4v) is 2.05. The van der Waals surface area contributed by atoms with Crippen LogP contribution in [0.1, 0.15) is 5.56 Å². The van der Waals surface area contributed by atoms with Crippen LogP contribution in [0.2, 0.25) is 0 Å². The van der Waals surface area contributed by atoms with Crippen LogP contribution < -0.4 is 15.4 Å². The molecule has 0 aliphatic carbocycles. The number of carbonyl (C=O) groups is 3. The Hall–Kier alpha value is -2.15. The number of hydrogen-bond donors (Lipinski definition) is 2. The predicted molar refractivity (Wildman–Crippen MR) is 70.4 cm³/mol. The second-order valence-corrected chi connectivity index (χ2v) is 4.64. The maximum absolute atomic E-state index is 11.6. The predicted octanol–water partition coefficient (Wildman–Crippen LogP) is 1.21. The summed E-state index contributed by atoms with van der Waals surface area (Å²) < 4.78 is 5.82. The Morgan fingerprint density at radius 3 is 2.32 bits per heavy atom. The Morgan fingerprint density at radius 1 is 1.11 bits per heavy atom. The highest BCUT2D eigenvalue weighted by Gasteiger charge is 2.27. The van der Waals surface area contributed by atoms with Crippen molar-refractivity contribution in [3.05, 3.63) is 33.8 Å². The number of amides is 4. The molecule has 1 aliphatic heterocycles. The molecule has 1 heterocycles. The Bertz CT molecular complexity index is 588. The first kappa shape index (κ1) is 13.3. The third kappa shape index (κ3) is 3.00. The van der Waals surface area contributed by atoms with E-state index < -0.39 is 17.8 Å². The molecule has 0 aromatic heterocycles. The smallest absolute Gasteiger partial charge is 0.328 e. The van der Waals surface area contributed by atoms with E-state index in [9.17, 15) is 14.4 Å². The van der Waals surface area contributed by atoms with Crippen molar-refractivity contribution in [2.24, 2.45) is 0 Å². The van der Waals surface area contributed by atoms with Crippen molar-refractivity contribution in [2.75, 3.05) is 7.11 Å². The molecule has 6 nitrogen and oxygen atoms in total. The molecule has 7 heteroatoms. The molecule has 2 rings (SSSR count). The quantitative estimate of drug-likeness (QED) is 0.632. The van der Waals surface area contributed by atoms with Gasteiger partial charge in [0.15, 0.2) is 0 Å². The molecular formula is C12H9BrN2O4. The molecule has 1 aromatic carbocycles. The van der Waals surface area contributed by atoms with Gasteiger partial charge in [0, 0.05) is 4.47 Å². The van der Waals surface area contributed by atoms with E-state index in [2.05, 4.69) is 15.9 Å². The maximum atomic E-state index is 11.6. The van der Waals surface area contributed by atoms with Gasteiger partial charge in [-0.1, -0.05) is 15.9 Å². The first-order valence-corrected chi connectivity index (χ1v) is 6.02. The van der Waals surface area contributed by atoms with Gasteiger partial charge in [-0.15, -0.1) is 0 Å². The maximum Gasteiger partial charge on any atom is 0.328 e. The summed E-state index contributed by atoms with van der Waals surface area (Å²) in [6.45, 7) is 0. The minimum absolute atomic E-state index is 0.139. The zero-order chi connectivity index (χ0) is 14.0. The fourth-order valence-electron chi connectivity index (χ4n) is 1.56. The van der Waals surface area contributed by atoms with Crippen molar-refractivity contribution in [3.63, 3.8) is 0 Å². The first-order valence-electron chi connectivity index (χ1n) is 5.22. The number of ether oxygens (including phenoxy) is 1. The molecule has 0 saturated carbocycles. The number of barbiturate groups is 1. The van der Waals surface area contributed by atoms with Gasteiger partial charge in [0.25, 0.3) is 11.8 Å². The molecule has 4 amide bonds. The molecule has 1 aromatic rings. The van der Waals surface area contributed by atoms with E-state index in [1.54, 1.807) is 18.2 Å². The summed E-state index contributed by atoms with van der Waals surface area (Å²) in [5.74, 6) is -0.880. The molecule has 2 N–H and O–H groups in total. The largest absolute Gasteiger partial charge is 0.497 e. The fraction of sp³-hybridized carbons (Fsp3) is 0.0833. The molecule has 1 fully saturated rings. The number of urea groups is 1. The summed E-state index contributed by atoms with van der Waals surface area (Å²) >= 11 is 3.29. The van der Waals surface area contributed by atoms with Gasteiger partial charge in [0.05, 0.1) is 7.11 Å². The molecular weight excluding hydrogens is 316 g/mol. The zero-order valence-electron chi connectivity index (χ0n) is 9.82. The summed E-state index contributed by atoms with van der Waals surface area (Å²) in [4.78, 5) is 34.0. The van der Waals surface area contributed by atoms with Gasteiger partial charge in [-0.2, -0.15) is 0 Å². The second kappa shape index (κ2) is 5.23. The van der Waals surface area contributed by atoms with Crippen LogP contribution in [0.25, 0.3) is 6.08 Å². The van der Waals surface area contributed by atoms with Gasteiger partial charge in [-0.3, -0.25) is 20.2 Å². The molecule has 1 aliphatic rings. The lowest BCUT2D eigenvalue weighted by Gasteiger charge is -2.14. The van der Waals surface area contributed by atoms with Crippen LogP contribution in [0.3, 0.4) is 0 Å². The highest BCUT2D eigenvalue weighted by Crippen LogP contribution is 2.23. The van der Waals surface area contributed by atoms with Gasteiger partial charge in [0.2, 0.25) is 0 Å². The average Bonchev–Trinajstić information content (AvgIpc) is 2.33. The Morgan fingerprint density at radius 2 is 1.74 bits per heavy atom. The number of nitrogens with one attached hydrogen (secondary N) is 2. The lowest BCUT2D eigenvalue weighted by Crippen LogP contribution is -2.51. The van der Waals surface area contributed by atoms with Gasteiger partial charge < -0.3 is 4.74 Å². The number of imide groups is 2. The van der Waals surface area contributed by atoms with E-state index in [-0.39, 0.29) is 5.57 Å². The zero-order valence-corrected chi connectivity index (χ0v) is 11.4. The van der Waals surface area contributed by atoms with E-state index in [0.717, 1.165) is 4.47 Å². The van der Waals surface area contributed by atoms with E-state index >= 15 is 0 Å². The lowest BCUT2D eigenvalue weighted by atomic mass is 10.1. The van der Waals surface area contributed by atoms with Crippen molar-refractivity contribution in [1.82, 2.24) is 10.6 Å². The number of methoxy groups -OCH3 is 1. The minimum Gasteiger partial charge on any atom is -0.497 e. The van der Waals surface area contributed by atoms with Crippen molar-refractivity contribution in [1.29, 1.82) is 0 Å². The van der Waals surface area contributed by atoms with E-state index in [0.29, 0.717) is 11.3 Å². The van der Waals surface area contributed by atoms with Crippen molar-refractivity contribution >= 4 is 39.9 Å². The van der Waals surface area contributed by atoms with Crippen molar-refractivity contribution < 1.29 is 19.1 Å². The molecule has 0 spiro atoms. The Kier molecular flexibility index (Phi) is 3.66. The van der Waals surface area contributed by atoms with Crippen molar-refractivity contribution in [3.8, 4) is 5.75 Å². The van der Waals surface area contributed by atoms with Gasteiger partial charge in [-0.25, -0.2) is 4.79 Å². The SMILES string of the molecule is COc1cc(Br)cc(C=C2C(=O)NC(=O)NC2=O)c1. The van der Waals surface area contributed by atoms with Crippen LogP contribution in [0.5, 0.6) is 5.75 Å². The van der Waals surface area contributed by atoms with Crippen molar-refractivity contribution in [2.45, 2.75) is 0 Å². The summed E-state index contributed by atoms with van der Waals surface area (Å²) in [5, 5.41) is 4.00. The van der Waals surface area contributed by atoms with Crippen LogP contribution in [0.15, 0.2) is 28.2 Å². The van der Waals surface area contributed by atoms with Gasteiger partial charge in [-0.05, 0) is 29.8 Å². The standard InChI is InChI=1S/C12H9BrN2O4/c1-19-8-3-6(2-7(13)5-8)4-9-10(16)14-12(18)15-11(9)17/h2-5H,1H3,(H2,14,15,16,17,18). The molecule has 0 radical (unpaired) electrons. The number of hydrogen-bond acceptors (Lipinski definition) is 4. The molecule has 0 atom stereocenters. The summed E-state index contributed by atoms with van der Waals surface area (Å²) in [6, 6.07) is 4.30. The second-order valence-electron chi connectivity index (χ2n) is 3.72. The monoisotopic (exact) mass is 324 g/mol. The van der Waals surface area contributed by atoms with Crippen LogP contribution in [0, 0.1) is 0 Å². The molecule has 19 heavy (non-hydrogen) atoms. The Labute approximate surface area is 116 Å².